The fraction of sp³-hybridized carbons (Fsp3) is 0.250. The van der Waals surface area contributed by atoms with Crippen LogP contribution in [0.3, 0.4) is 0 Å². The molecule has 2 aromatic rings. The predicted octanol–water partition coefficient (Wildman–Crippen LogP) is 3.02. The normalized spacial score (nSPS) is 20.8. The minimum atomic E-state index is -0.433. The van der Waals surface area contributed by atoms with E-state index in [0.29, 0.717) is 11.4 Å². The number of hydrogen-bond acceptors (Lipinski definition) is 4. The van der Waals surface area contributed by atoms with E-state index in [1.165, 1.54) is 41.1 Å². The topological polar surface area (TPSA) is 62.6 Å². The Bertz CT molecular complexity index is 720. The highest BCUT2D eigenvalue weighted by molar-refractivity contribution is 8.01. The van der Waals surface area contributed by atoms with Crippen LogP contribution in [0.2, 0.25) is 0 Å². The monoisotopic (exact) mass is 334 g/mol. The first-order valence-corrected chi connectivity index (χ1v) is 8.03. The largest absolute Gasteiger partial charge is 0.466 e. The summed E-state index contributed by atoms with van der Waals surface area (Å²) in [4.78, 5) is 25.9. The van der Waals surface area contributed by atoms with Crippen LogP contribution >= 0.6 is 11.8 Å². The number of nitrogens with one attached hydrogen (secondary N) is 1. The first-order valence-electron chi connectivity index (χ1n) is 7.09. The van der Waals surface area contributed by atoms with Gasteiger partial charge in [0.05, 0.1) is 11.5 Å². The molecule has 1 aromatic heterocycles. The molecule has 23 heavy (non-hydrogen) atoms. The molecule has 2 amide bonds. The smallest absolute Gasteiger partial charge is 0.244 e. The van der Waals surface area contributed by atoms with E-state index >= 15 is 0 Å². The summed E-state index contributed by atoms with van der Waals surface area (Å²) in [6.45, 7) is 1.69. The van der Waals surface area contributed by atoms with Crippen molar-refractivity contribution in [2.24, 2.45) is 0 Å². The number of amides is 2. The number of halogens is 1. The SMILES string of the molecule is CC1SC(c2ccco2)N(CC(=O)Nc2cccc(F)c2)C1=O. The Morgan fingerprint density at radius 1 is 1.39 bits per heavy atom. The average molecular weight is 334 g/mol. The lowest BCUT2D eigenvalue weighted by molar-refractivity contribution is -0.133. The van der Waals surface area contributed by atoms with Crippen LogP contribution in [0.15, 0.2) is 47.1 Å². The lowest BCUT2D eigenvalue weighted by atomic mass is 10.3. The van der Waals surface area contributed by atoms with E-state index in [9.17, 15) is 14.0 Å². The van der Waals surface area contributed by atoms with Crippen molar-refractivity contribution < 1.29 is 18.4 Å². The Morgan fingerprint density at radius 2 is 2.22 bits per heavy atom. The third-order valence-corrected chi connectivity index (χ3v) is 4.81. The van der Waals surface area contributed by atoms with Crippen molar-refractivity contribution >= 4 is 29.3 Å². The minimum absolute atomic E-state index is 0.113. The molecule has 120 valence electrons. The van der Waals surface area contributed by atoms with Gasteiger partial charge in [-0.2, -0.15) is 0 Å². The summed E-state index contributed by atoms with van der Waals surface area (Å²) in [6.07, 6.45) is 1.54. The Morgan fingerprint density at radius 3 is 2.91 bits per heavy atom. The summed E-state index contributed by atoms with van der Waals surface area (Å²) < 4.78 is 18.5. The summed E-state index contributed by atoms with van der Waals surface area (Å²) in [5, 5.41) is 2.03. The Labute approximate surface area is 136 Å². The molecule has 0 aliphatic carbocycles. The first-order chi connectivity index (χ1) is 11.0. The van der Waals surface area contributed by atoms with Gasteiger partial charge in [0, 0.05) is 5.69 Å². The molecule has 1 aliphatic heterocycles. The van der Waals surface area contributed by atoms with Gasteiger partial charge in [-0.3, -0.25) is 9.59 Å². The number of rotatable bonds is 4. The van der Waals surface area contributed by atoms with Gasteiger partial charge < -0.3 is 14.6 Å². The van der Waals surface area contributed by atoms with E-state index < -0.39 is 5.82 Å². The molecular formula is C16H15FN2O3S. The van der Waals surface area contributed by atoms with Gasteiger partial charge in [-0.1, -0.05) is 6.07 Å². The second-order valence-corrected chi connectivity index (χ2v) is 6.60. The molecule has 2 unspecified atom stereocenters. The van der Waals surface area contributed by atoms with Crippen LogP contribution in [0.5, 0.6) is 0 Å². The van der Waals surface area contributed by atoms with Crippen molar-refractivity contribution in [2.75, 3.05) is 11.9 Å². The lowest BCUT2D eigenvalue weighted by Gasteiger charge is -2.21. The molecule has 5 nitrogen and oxygen atoms in total. The molecular weight excluding hydrogens is 319 g/mol. The van der Waals surface area contributed by atoms with Gasteiger partial charge in [-0.15, -0.1) is 11.8 Å². The molecule has 1 aromatic carbocycles. The molecule has 0 radical (unpaired) electrons. The molecule has 0 saturated carbocycles. The van der Waals surface area contributed by atoms with Gasteiger partial charge in [0.1, 0.15) is 23.5 Å². The molecule has 0 bridgehead atoms. The quantitative estimate of drug-likeness (QED) is 0.933. The third-order valence-electron chi connectivity index (χ3n) is 3.46. The van der Waals surface area contributed by atoms with Gasteiger partial charge >= 0.3 is 0 Å². The van der Waals surface area contributed by atoms with Gasteiger partial charge in [0.15, 0.2) is 0 Å². The zero-order valence-corrected chi connectivity index (χ0v) is 13.2. The molecule has 3 rings (SSSR count). The van der Waals surface area contributed by atoms with Gasteiger partial charge in [0.25, 0.3) is 0 Å². The number of carbonyl (C=O) groups excluding carboxylic acids is 2. The van der Waals surface area contributed by atoms with Gasteiger partial charge in [0.2, 0.25) is 11.8 Å². The summed E-state index contributed by atoms with van der Waals surface area (Å²) in [7, 11) is 0. The summed E-state index contributed by atoms with van der Waals surface area (Å²) >= 11 is 1.43. The van der Waals surface area contributed by atoms with Crippen LogP contribution in [0.1, 0.15) is 18.1 Å². The fourth-order valence-corrected chi connectivity index (χ4v) is 3.64. The van der Waals surface area contributed by atoms with Crippen LogP contribution in [-0.2, 0) is 9.59 Å². The summed E-state index contributed by atoms with van der Waals surface area (Å²) in [5.74, 6) is -0.301. The third kappa shape index (κ3) is 3.39. The molecule has 7 heteroatoms. The first kappa shape index (κ1) is 15.6. The van der Waals surface area contributed by atoms with E-state index in [-0.39, 0.29) is 29.0 Å². The summed E-state index contributed by atoms with van der Waals surface area (Å²) in [5.41, 5.74) is 0.358. The van der Waals surface area contributed by atoms with E-state index in [2.05, 4.69) is 5.32 Å². The molecule has 0 spiro atoms. The maximum absolute atomic E-state index is 13.2. The fourth-order valence-electron chi connectivity index (χ4n) is 2.41. The minimum Gasteiger partial charge on any atom is -0.466 e. The zero-order chi connectivity index (χ0) is 16.4. The molecule has 1 fully saturated rings. The number of hydrogen-bond donors (Lipinski definition) is 1. The summed E-state index contributed by atoms with van der Waals surface area (Å²) in [6, 6.07) is 9.15. The van der Waals surface area contributed by atoms with Crippen LogP contribution in [0.25, 0.3) is 0 Å². The number of furan rings is 1. The highest BCUT2D eigenvalue weighted by Crippen LogP contribution is 2.42. The van der Waals surface area contributed by atoms with Crippen molar-refractivity contribution in [1.29, 1.82) is 0 Å². The van der Waals surface area contributed by atoms with E-state index in [1.807, 2.05) is 0 Å². The second kappa shape index (κ2) is 6.45. The van der Waals surface area contributed by atoms with Crippen LogP contribution in [0.4, 0.5) is 10.1 Å². The van der Waals surface area contributed by atoms with Crippen LogP contribution in [-0.4, -0.2) is 28.5 Å². The average Bonchev–Trinajstić information content (AvgIpc) is 3.11. The van der Waals surface area contributed by atoms with Crippen molar-refractivity contribution in [3.63, 3.8) is 0 Å². The highest BCUT2D eigenvalue weighted by Gasteiger charge is 2.40. The number of carbonyl (C=O) groups is 2. The maximum Gasteiger partial charge on any atom is 0.244 e. The maximum atomic E-state index is 13.2. The molecule has 2 atom stereocenters. The van der Waals surface area contributed by atoms with Crippen molar-refractivity contribution in [1.82, 2.24) is 4.90 Å². The molecule has 1 N–H and O–H groups in total. The Kier molecular flexibility index (Phi) is 4.38. The van der Waals surface area contributed by atoms with Crippen LogP contribution in [0, 0.1) is 5.82 Å². The number of thioether (sulfide) groups is 1. The van der Waals surface area contributed by atoms with E-state index in [1.54, 1.807) is 25.1 Å². The Balaban J connectivity index is 1.71. The number of nitrogens with zero attached hydrogens (tertiary/aromatic N) is 1. The number of anilines is 1. The second-order valence-electron chi connectivity index (χ2n) is 5.17. The van der Waals surface area contributed by atoms with Crippen molar-refractivity contribution in [3.8, 4) is 0 Å². The van der Waals surface area contributed by atoms with E-state index in [0.717, 1.165) is 0 Å². The van der Waals surface area contributed by atoms with Gasteiger partial charge in [-0.05, 0) is 37.3 Å². The van der Waals surface area contributed by atoms with Crippen molar-refractivity contribution in [2.45, 2.75) is 17.5 Å². The molecule has 2 heterocycles. The highest BCUT2D eigenvalue weighted by atomic mass is 32.2. The number of benzene rings is 1. The molecule has 1 saturated heterocycles. The predicted molar refractivity (Wildman–Crippen MR) is 85.2 cm³/mol. The zero-order valence-electron chi connectivity index (χ0n) is 12.4. The Hall–Kier alpha value is -2.28. The van der Waals surface area contributed by atoms with Crippen LogP contribution < -0.4 is 5.32 Å². The van der Waals surface area contributed by atoms with Gasteiger partial charge in [-0.25, -0.2) is 4.39 Å². The standard InChI is InChI=1S/C16H15FN2O3S/c1-10-15(21)19(16(23-10)13-6-3-7-22-13)9-14(20)18-12-5-2-4-11(17)8-12/h2-8,10,16H,9H2,1H3,(H,18,20). The van der Waals surface area contributed by atoms with E-state index in [4.69, 9.17) is 4.42 Å². The van der Waals surface area contributed by atoms with Crippen molar-refractivity contribution in [3.05, 3.63) is 54.2 Å². The molecule has 1 aliphatic rings. The lowest BCUT2D eigenvalue weighted by Crippen LogP contribution is -2.37.